The number of aryl methyl sites for hydroxylation is 2. The van der Waals surface area contributed by atoms with Gasteiger partial charge in [0.05, 0.1) is 47.2 Å². The van der Waals surface area contributed by atoms with E-state index in [1.54, 1.807) is 57.6 Å². The number of hydrogen-bond donors (Lipinski definition) is 1. The van der Waals surface area contributed by atoms with E-state index in [9.17, 15) is 18.0 Å². The number of amides is 1. The first-order valence-electron chi connectivity index (χ1n) is 10.7. The molecular weight excluding hydrogens is 470 g/mol. The lowest BCUT2D eigenvalue weighted by molar-refractivity contribution is -0.115. The summed E-state index contributed by atoms with van der Waals surface area (Å²) < 4.78 is 40.3. The predicted molar refractivity (Wildman–Crippen MR) is 132 cm³/mol. The Morgan fingerprint density at radius 1 is 0.857 bits per heavy atom. The number of aromatic nitrogens is 2. The van der Waals surface area contributed by atoms with E-state index in [0.29, 0.717) is 22.5 Å². The van der Waals surface area contributed by atoms with Gasteiger partial charge in [-0.05, 0) is 54.1 Å². The van der Waals surface area contributed by atoms with Gasteiger partial charge in [0.2, 0.25) is 15.7 Å². The van der Waals surface area contributed by atoms with Crippen LogP contribution >= 0.6 is 0 Å². The highest BCUT2D eigenvalue weighted by Gasteiger charge is 2.25. The van der Waals surface area contributed by atoms with E-state index in [1.165, 1.54) is 40.5 Å². The summed E-state index contributed by atoms with van der Waals surface area (Å²) in [4.78, 5) is 25.3. The molecule has 0 fully saturated rings. The Morgan fingerprint density at radius 3 is 1.91 bits per heavy atom. The van der Waals surface area contributed by atoms with Crippen molar-refractivity contribution in [3.8, 4) is 11.5 Å². The van der Waals surface area contributed by atoms with E-state index in [2.05, 4.69) is 5.32 Å². The van der Waals surface area contributed by atoms with Crippen molar-refractivity contribution in [1.82, 2.24) is 9.13 Å². The molecule has 4 rings (SSSR count). The van der Waals surface area contributed by atoms with E-state index < -0.39 is 15.7 Å². The van der Waals surface area contributed by atoms with E-state index >= 15 is 0 Å². The second-order valence-corrected chi connectivity index (χ2v) is 9.91. The Kier molecular flexibility index (Phi) is 6.40. The highest BCUT2D eigenvalue weighted by atomic mass is 32.2. The third-order valence-electron chi connectivity index (χ3n) is 5.83. The zero-order valence-electron chi connectivity index (χ0n) is 19.7. The zero-order valence-corrected chi connectivity index (χ0v) is 20.5. The van der Waals surface area contributed by atoms with Crippen LogP contribution in [0.1, 0.15) is 5.56 Å². The summed E-state index contributed by atoms with van der Waals surface area (Å²) >= 11 is 0. The van der Waals surface area contributed by atoms with Crippen LogP contribution in [0, 0.1) is 0 Å². The van der Waals surface area contributed by atoms with Gasteiger partial charge in [-0.25, -0.2) is 13.2 Å². The molecule has 0 atom stereocenters. The van der Waals surface area contributed by atoms with Crippen molar-refractivity contribution in [3.05, 3.63) is 76.7 Å². The van der Waals surface area contributed by atoms with Crippen LogP contribution in [0.2, 0.25) is 0 Å². The molecule has 0 bridgehead atoms. The molecule has 0 saturated heterocycles. The Hall–Kier alpha value is -4.05. The lowest BCUT2D eigenvalue weighted by atomic mass is 10.1. The number of benzene rings is 3. The average Bonchev–Trinajstić information content (AvgIpc) is 3.07. The molecule has 1 N–H and O–H groups in total. The molecule has 0 spiro atoms. The first-order valence-corrected chi connectivity index (χ1v) is 12.2. The molecule has 35 heavy (non-hydrogen) atoms. The molecule has 9 nitrogen and oxygen atoms in total. The van der Waals surface area contributed by atoms with Gasteiger partial charge < -0.3 is 14.8 Å². The van der Waals surface area contributed by atoms with Crippen LogP contribution in [0.25, 0.3) is 11.0 Å². The predicted octanol–water partition coefficient (Wildman–Crippen LogP) is 2.91. The Balaban J connectivity index is 1.79. The zero-order chi connectivity index (χ0) is 25.3. The van der Waals surface area contributed by atoms with Gasteiger partial charge in [-0.2, -0.15) is 0 Å². The molecule has 1 amide bonds. The number of imidazole rings is 1. The number of carbonyl (C=O) groups is 1. The Bertz CT molecular complexity index is 1570. The summed E-state index contributed by atoms with van der Waals surface area (Å²) in [5, 5.41) is 2.74. The first-order chi connectivity index (χ1) is 16.6. The fraction of sp³-hybridized carbons (Fsp3) is 0.200. The van der Waals surface area contributed by atoms with Crippen LogP contribution in [0.4, 0.5) is 5.69 Å². The molecule has 0 aliphatic heterocycles. The molecule has 1 heterocycles. The highest BCUT2D eigenvalue weighted by molar-refractivity contribution is 7.91. The van der Waals surface area contributed by atoms with E-state index in [-0.39, 0.29) is 27.6 Å². The van der Waals surface area contributed by atoms with Gasteiger partial charge in [0.25, 0.3) is 0 Å². The number of rotatable bonds is 7. The normalized spacial score (nSPS) is 11.4. The minimum atomic E-state index is -4.05. The molecule has 1 aromatic heterocycles. The van der Waals surface area contributed by atoms with Gasteiger partial charge in [0.15, 0.2) is 0 Å². The minimum Gasteiger partial charge on any atom is -0.497 e. The first kappa shape index (κ1) is 24.1. The summed E-state index contributed by atoms with van der Waals surface area (Å²) in [7, 11) is 2.15. The third-order valence-corrected chi connectivity index (χ3v) is 7.64. The van der Waals surface area contributed by atoms with Crippen molar-refractivity contribution in [2.75, 3.05) is 19.5 Å². The van der Waals surface area contributed by atoms with Crippen molar-refractivity contribution in [1.29, 1.82) is 0 Å². The number of fused-ring (bicyclic) bond motifs is 1. The second kappa shape index (κ2) is 9.30. The number of nitrogens with one attached hydrogen (secondary N) is 1. The summed E-state index contributed by atoms with van der Waals surface area (Å²) in [6.07, 6.45) is 0.0256. The number of ether oxygens (including phenoxy) is 2. The molecular formula is C25H25N3O6S. The summed E-state index contributed by atoms with van der Waals surface area (Å²) in [5.74, 6) is 0.775. The summed E-state index contributed by atoms with van der Waals surface area (Å²) in [6.45, 7) is 0. The largest absolute Gasteiger partial charge is 0.497 e. The number of anilines is 1. The fourth-order valence-corrected chi connectivity index (χ4v) is 5.27. The van der Waals surface area contributed by atoms with Crippen molar-refractivity contribution in [3.63, 3.8) is 0 Å². The van der Waals surface area contributed by atoms with Crippen molar-refractivity contribution >= 4 is 32.5 Å². The van der Waals surface area contributed by atoms with Crippen molar-refractivity contribution < 1.29 is 22.7 Å². The third kappa shape index (κ3) is 4.52. The molecule has 0 aliphatic carbocycles. The lowest BCUT2D eigenvalue weighted by Gasteiger charge is -2.14. The van der Waals surface area contributed by atoms with Gasteiger partial charge in [0, 0.05) is 14.1 Å². The van der Waals surface area contributed by atoms with Crippen LogP contribution in [-0.2, 0) is 35.1 Å². The van der Waals surface area contributed by atoms with Gasteiger partial charge in [-0.3, -0.25) is 13.9 Å². The van der Waals surface area contributed by atoms with E-state index in [1.807, 2.05) is 0 Å². The minimum absolute atomic E-state index is 0.0256. The Labute approximate surface area is 202 Å². The lowest BCUT2D eigenvalue weighted by Crippen LogP contribution is -2.19. The van der Waals surface area contributed by atoms with Gasteiger partial charge in [0.1, 0.15) is 11.5 Å². The number of hydrogen-bond acceptors (Lipinski definition) is 6. The van der Waals surface area contributed by atoms with Crippen LogP contribution < -0.4 is 20.5 Å². The molecule has 0 aliphatic rings. The van der Waals surface area contributed by atoms with Crippen molar-refractivity contribution in [2.24, 2.45) is 14.1 Å². The molecule has 0 saturated carbocycles. The monoisotopic (exact) mass is 495 g/mol. The van der Waals surface area contributed by atoms with Gasteiger partial charge in [-0.15, -0.1) is 0 Å². The fourth-order valence-electron chi connectivity index (χ4n) is 3.85. The van der Waals surface area contributed by atoms with Crippen LogP contribution in [0.3, 0.4) is 0 Å². The molecule has 182 valence electrons. The van der Waals surface area contributed by atoms with Crippen LogP contribution in [-0.4, -0.2) is 37.7 Å². The van der Waals surface area contributed by atoms with E-state index in [0.717, 1.165) is 5.56 Å². The second-order valence-electron chi connectivity index (χ2n) is 7.99. The molecule has 3 aromatic carbocycles. The maximum absolute atomic E-state index is 13.6. The van der Waals surface area contributed by atoms with Gasteiger partial charge >= 0.3 is 5.69 Å². The molecule has 10 heteroatoms. The topological polar surface area (TPSA) is 109 Å². The van der Waals surface area contributed by atoms with Gasteiger partial charge in [-0.1, -0.05) is 12.1 Å². The number of methoxy groups -OCH3 is 2. The molecule has 4 aromatic rings. The number of sulfone groups is 1. The molecule has 0 radical (unpaired) electrons. The average molecular weight is 496 g/mol. The van der Waals surface area contributed by atoms with E-state index in [4.69, 9.17) is 9.47 Å². The van der Waals surface area contributed by atoms with Crippen LogP contribution in [0.5, 0.6) is 11.5 Å². The highest BCUT2D eigenvalue weighted by Crippen LogP contribution is 2.32. The standard InChI is InChI=1S/C25H25N3O6S/c1-27-21-14-20(26-24(29)13-16-5-7-17(33-3)8-6-16)23(15-22(21)28(2)25(27)30)35(31,32)19-11-9-18(34-4)10-12-19/h5-12,14-15H,13H2,1-4H3,(H,26,29). The Morgan fingerprint density at radius 2 is 1.37 bits per heavy atom. The quantitative estimate of drug-likeness (QED) is 0.422. The number of nitrogens with zero attached hydrogens (tertiary/aromatic N) is 2. The van der Waals surface area contributed by atoms with Crippen LogP contribution in [0.15, 0.2) is 75.2 Å². The number of carbonyl (C=O) groups excluding carboxylic acids is 1. The SMILES string of the molecule is COc1ccc(CC(=O)Nc2cc3c(cc2S(=O)(=O)c2ccc(OC)cc2)n(C)c(=O)n3C)cc1. The smallest absolute Gasteiger partial charge is 0.328 e. The summed E-state index contributed by atoms with van der Waals surface area (Å²) in [6, 6.07) is 15.9. The maximum atomic E-state index is 13.6. The summed E-state index contributed by atoms with van der Waals surface area (Å²) in [5.41, 5.74) is 1.43. The maximum Gasteiger partial charge on any atom is 0.328 e. The molecule has 0 unspecified atom stereocenters. The van der Waals surface area contributed by atoms with Crippen molar-refractivity contribution in [2.45, 2.75) is 16.2 Å².